The molecule has 0 heterocycles. The standard InChI is InChI=1S/C14H23N/c1-5-13(4)14(6-2)11-12(3)9-7-8-10-15/h5,7,9,12-14H,1,6,8,11H2,2-4H3/b9-7+/t12?,13-,14?/m0/s1. The highest BCUT2D eigenvalue weighted by Gasteiger charge is 2.14. The van der Waals surface area contributed by atoms with E-state index in [0.717, 1.165) is 0 Å². The van der Waals surface area contributed by atoms with E-state index in [1.165, 1.54) is 12.8 Å². The van der Waals surface area contributed by atoms with Crippen molar-refractivity contribution in [3.05, 3.63) is 24.8 Å². The molecule has 0 saturated carbocycles. The van der Waals surface area contributed by atoms with Gasteiger partial charge in [-0.3, -0.25) is 0 Å². The Balaban J connectivity index is 4.07. The summed E-state index contributed by atoms with van der Waals surface area (Å²) < 4.78 is 0. The molecular formula is C14H23N. The number of allylic oxidation sites excluding steroid dienone is 3. The van der Waals surface area contributed by atoms with Gasteiger partial charge in [0.05, 0.1) is 12.5 Å². The first kappa shape index (κ1) is 14.0. The maximum Gasteiger partial charge on any atom is 0.0663 e. The lowest BCUT2D eigenvalue weighted by Gasteiger charge is -2.21. The zero-order chi connectivity index (χ0) is 11.7. The molecule has 2 unspecified atom stereocenters. The molecule has 0 aliphatic heterocycles. The molecule has 0 fully saturated rings. The van der Waals surface area contributed by atoms with E-state index in [2.05, 4.69) is 39.5 Å². The molecule has 0 N–H and O–H groups in total. The van der Waals surface area contributed by atoms with Crippen LogP contribution in [0.3, 0.4) is 0 Å². The van der Waals surface area contributed by atoms with Gasteiger partial charge in [0.15, 0.2) is 0 Å². The Kier molecular flexibility index (Phi) is 7.72. The van der Waals surface area contributed by atoms with E-state index in [0.29, 0.717) is 24.2 Å². The summed E-state index contributed by atoms with van der Waals surface area (Å²) in [5.41, 5.74) is 0. The van der Waals surface area contributed by atoms with Crippen LogP contribution in [-0.2, 0) is 0 Å². The maximum atomic E-state index is 8.42. The summed E-state index contributed by atoms with van der Waals surface area (Å²) in [5, 5.41) is 8.42. The van der Waals surface area contributed by atoms with E-state index in [9.17, 15) is 0 Å². The normalized spacial score (nSPS) is 16.9. The molecule has 0 saturated heterocycles. The Morgan fingerprint density at radius 1 is 1.40 bits per heavy atom. The van der Waals surface area contributed by atoms with Gasteiger partial charge in [-0.05, 0) is 24.2 Å². The van der Waals surface area contributed by atoms with Crippen LogP contribution in [0.5, 0.6) is 0 Å². The zero-order valence-corrected chi connectivity index (χ0v) is 10.2. The van der Waals surface area contributed by atoms with Gasteiger partial charge >= 0.3 is 0 Å². The lowest BCUT2D eigenvalue weighted by atomic mass is 9.84. The van der Waals surface area contributed by atoms with Crippen molar-refractivity contribution in [2.75, 3.05) is 0 Å². The maximum absolute atomic E-state index is 8.42. The molecule has 0 aromatic heterocycles. The lowest BCUT2D eigenvalue weighted by Crippen LogP contribution is -2.11. The van der Waals surface area contributed by atoms with E-state index in [1.54, 1.807) is 0 Å². The Morgan fingerprint density at radius 2 is 2.07 bits per heavy atom. The fourth-order valence-electron chi connectivity index (χ4n) is 1.85. The molecular weight excluding hydrogens is 182 g/mol. The minimum atomic E-state index is 0.526. The molecule has 0 bridgehead atoms. The van der Waals surface area contributed by atoms with E-state index >= 15 is 0 Å². The SMILES string of the molecule is C=C[C@H](C)C(CC)CC(C)/C=C/CC#N. The minimum absolute atomic E-state index is 0.526. The van der Waals surface area contributed by atoms with E-state index in [4.69, 9.17) is 5.26 Å². The third kappa shape index (κ3) is 6.12. The predicted molar refractivity (Wildman–Crippen MR) is 66.3 cm³/mol. The van der Waals surface area contributed by atoms with Crippen LogP contribution in [0, 0.1) is 29.1 Å². The summed E-state index contributed by atoms with van der Waals surface area (Å²) in [6.07, 6.45) is 9.07. The summed E-state index contributed by atoms with van der Waals surface area (Å²) in [4.78, 5) is 0. The molecule has 0 radical (unpaired) electrons. The van der Waals surface area contributed by atoms with Gasteiger partial charge in [0.2, 0.25) is 0 Å². The van der Waals surface area contributed by atoms with Crippen molar-refractivity contribution in [3.63, 3.8) is 0 Å². The largest absolute Gasteiger partial charge is 0.198 e. The fourth-order valence-corrected chi connectivity index (χ4v) is 1.85. The van der Waals surface area contributed by atoms with Gasteiger partial charge in [0.25, 0.3) is 0 Å². The number of nitrogens with zero attached hydrogens (tertiary/aromatic N) is 1. The lowest BCUT2D eigenvalue weighted by molar-refractivity contribution is 0.346. The van der Waals surface area contributed by atoms with E-state index < -0.39 is 0 Å². The first-order valence-electron chi connectivity index (χ1n) is 5.81. The molecule has 1 nitrogen and oxygen atoms in total. The highest BCUT2D eigenvalue weighted by atomic mass is 14.2. The monoisotopic (exact) mass is 205 g/mol. The number of hydrogen-bond acceptors (Lipinski definition) is 1. The quantitative estimate of drug-likeness (QED) is 0.567. The molecule has 84 valence electrons. The number of hydrogen-bond donors (Lipinski definition) is 0. The van der Waals surface area contributed by atoms with E-state index in [1.807, 2.05) is 12.2 Å². The fraction of sp³-hybridized carbons (Fsp3) is 0.643. The molecule has 0 amide bonds. The first-order chi connectivity index (χ1) is 7.15. The molecule has 0 aliphatic carbocycles. The highest BCUT2D eigenvalue weighted by molar-refractivity contribution is 4.94. The summed E-state index contributed by atoms with van der Waals surface area (Å²) >= 11 is 0. The molecule has 0 aromatic carbocycles. The number of nitriles is 1. The Hall–Kier alpha value is -1.03. The van der Waals surface area contributed by atoms with Gasteiger partial charge < -0.3 is 0 Å². The van der Waals surface area contributed by atoms with Crippen molar-refractivity contribution < 1.29 is 0 Å². The van der Waals surface area contributed by atoms with Crippen LogP contribution in [0.4, 0.5) is 0 Å². The van der Waals surface area contributed by atoms with Gasteiger partial charge in [0, 0.05) is 0 Å². The summed E-state index contributed by atoms with van der Waals surface area (Å²) in [7, 11) is 0. The van der Waals surface area contributed by atoms with Crippen molar-refractivity contribution in [1.29, 1.82) is 5.26 Å². The molecule has 3 atom stereocenters. The van der Waals surface area contributed by atoms with Crippen molar-refractivity contribution >= 4 is 0 Å². The van der Waals surface area contributed by atoms with Gasteiger partial charge in [-0.25, -0.2) is 0 Å². The van der Waals surface area contributed by atoms with Gasteiger partial charge in [-0.2, -0.15) is 5.26 Å². The topological polar surface area (TPSA) is 23.8 Å². The summed E-state index contributed by atoms with van der Waals surface area (Å²) in [5.74, 6) is 1.86. The minimum Gasteiger partial charge on any atom is -0.198 e. The Labute approximate surface area is 94.5 Å². The van der Waals surface area contributed by atoms with Crippen molar-refractivity contribution in [2.24, 2.45) is 17.8 Å². The zero-order valence-electron chi connectivity index (χ0n) is 10.2. The first-order valence-corrected chi connectivity index (χ1v) is 5.81. The van der Waals surface area contributed by atoms with Crippen LogP contribution in [-0.4, -0.2) is 0 Å². The van der Waals surface area contributed by atoms with Crippen LogP contribution in [0.2, 0.25) is 0 Å². The molecule has 0 rings (SSSR count). The smallest absolute Gasteiger partial charge is 0.0663 e. The van der Waals surface area contributed by atoms with E-state index in [-0.39, 0.29) is 0 Å². The van der Waals surface area contributed by atoms with Crippen LogP contribution in [0.25, 0.3) is 0 Å². The Bertz CT molecular complexity index is 234. The van der Waals surface area contributed by atoms with Crippen LogP contribution in [0.15, 0.2) is 24.8 Å². The van der Waals surface area contributed by atoms with Crippen molar-refractivity contribution in [2.45, 2.75) is 40.0 Å². The second kappa shape index (κ2) is 8.29. The predicted octanol–water partition coefficient (Wildman–Crippen LogP) is 4.33. The third-order valence-electron chi connectivity index (χ3n) is 2.99. The summed E-state index contributed by atoms with van der Waals surface area (Å²) in [6.45, 7) is 10.5. The van der Waals surface area contributed by atoms with Crippen LogP contribution < -0.4 is 0 Å². The third-order valence-corrected chi connectivity index (χ3v) is 2.99. The second-order valence-corrected chi connectivity index (χ2v) is 4.27. The molecule has 0 aromatic rings. The van der Waals surface area contributed by atoms with Crippen LogP contribution in [0.1, 0.15) is 40.0 Å². The van der Waals surface area contributed by atoms with Crippen molar-refractivity contribution in [1.82, 2.24) is 0 Å². The molecule has 1 heteroatoms. The highest BCUT2D eigenvalue weighted by Crippen LogP contribution is 2.25. The van der Waals surface area contributed by atoms with Gasteiger partial charge in [-0.1, -0.05) is 45.4 Å². The van der Waals surface area contributed by atoms with Crippen LogP contribution >= 0.6 is 0 Å². The Morgan fingerprint density at radius 3 is 2.53 bits per heavy atom. The average Bonchev–Trinajstić information content (AvgIpc) is 2.25. The van der Waals surface area contributed by atoms with Crippen molar-refractivity contribution in [3.8, 4) is 6.07 Å². The average molecular weight is 205 g/mol. The van der Waals surface area contributed by atoms with Gasteiger partial charge in [0.1, 0.15) is 0 Å². The molecule has 15 heavy (non-hydrogen) atoms. The summed E-state index contributed by atoms with van der Waals surface area (Å²) in [6, 6.07) is 2.12. The second-order valence-electron chi connectivity index (χ2n) is 4.27. The molecule has 0 aliphatic rings. The van der Waals surface area contributed by atoms with Gasteiger partial charge in [-0.15, -0.1) is 6.58 Å². The molecule has 0 spiro atoms. The number of rotatable bonds is 7.